The van der Waals surface area contributed by atoms with Crippen molar-refractivity contribution in [2.24, 2.45) is 0 Å². The van der Waals surface area contributed by atoms with Gasteiger partial charge in [-0.2, -0.15) is 0 Å². The maximum Gasteiger partial charge on any atom is 0.228 e. The Balaban J connectivity index is 4.68. The van der Waals surface area contributed by atoms with Crippen molar-refractivity contribution < 1.29 is 18.9 Å². The fourth-order valence-electron chi connectivity index (χ4n) is 2.01. The fraction of sp³-hybridized carbons (Fsp3) is 1.00. The maximum atomic E-state index is 5.87. The Morgan fingerprint density at radius 2 is 1.05 bits per heavy atom. The summed E-state index contributed by atoms with van der Waals surface area (Å²) in [4.78, 5) is 0. The first-order chi connectivity index (χ1) is 9.95. The molecule has 1 N–H and O–H groups in total. The molecule has 0 radical (unpaired) electrons. The van der Waals surface area contributed by atoms with Crippen molar-refractivity contribution in [1.82, 2.24) is 5.32 Å². The van der Waals surface area contributed by atoms with Gasteiger partial charge >= 0.3 is 0 Å². The van der Waals surface area contributed by atoms with Crippen LogP contribution < -0.4 is 5.32 Å². The van der Waals surface area contributed by atoms with Crippen molar-refractivity contribution in [2.45, 2.75) is 79.0 Å². The van der Waals surface area contributed by atoms with E-state index in [1.54, 1.807) is 0 Å². The van der Waals surface area contributed by atoms with E-state index >= 15 is 0 Å². The van der Waals surface area contributed by atoms with Crippen LogP contribution in [0.2, 0.25) is 0 Å². The van der Waals surface area contributed by atoms with Crippen LogP contribution >= 0.6 is 0 Å². The standard InChI is InChI=1S/C16H35NO4/c1-7-11-13-20-15(5,18-9-3)17-16(6,19-10-4)21-14-12-8-2/h17H,7-14H2,1-6H3. The van der Waals surface area contributed by atoms with E-state index in [0.29, 0.717) is 26.4 Å². The molecule has 0 aliphatic rings. The van der Waals surface area contributed by atoms with Gasteiger partial charge < -0.3 is 18.9 Å². The molecule has 0 aromatic carbocycles. The lowest BCUT2D eigenvalue weighted by Crippen LogP contribution is -2.60. The Morgan fingerprint density at radius 1 is 0.667 bits per heavy atom. The molecule has 0 aliphatic heterocycles. The molecule has 2 atom stereocenters. The van der Waals surface area contributed by atoms with Gasteiger partial charge in [0.2, 0.25) is 11.8 Å². The predicted octanol–water partition coefficient (Wildman–Crippen LogP) is 3.63. The molecular formula is C16H35NO4. The lowest BCUT2D eigenvalue weighted by atomic mass is 10.3. The van der Waals surface area contributed by atoms with Crippen LogP contribution in [0.4, 0.5) is 0 Å². The predicted molar refractivity (Wildman–Crippen MR) is 84.9 cm³/mol. The topological polar surface area (TPSA) is 49.0 Å². The Hall–Kier alpha value is -0.200. The van der Waals surface area contributed by atoms with Crippen molar-refractivity contribution in [3.05, 3.63) is 0 Å². The zero-order valence-electron chi connectivity index (χ0n) is 14.8. The van der Waals surface area contributed by atoms with E-state index in [9.17, 15) is 0 Å². The number of nitrogens with one attached hydrogen (secondary N) is 1. The molecule has 0 bridgehead atoms. The van der Waals surface area contributed by atoms with Gasteiger partial charge in [0.1, 0.15) is 0 Å². The maximum absolute atomic E-state index is 5.87. The lowest BCUT2D eigenvalue weighted by Gasteiger charge is -2.39. The molecule has 0 aromatic rings. The molecule has 2 unspecified atom stereocenters. The second-order valence-corrected chi connectivity index (χ2v) is 5.29. The minimum atomic E-state index is -0.917. The molecular weight excluding hydrogens is 270 g/mol. The number of hydrogen-bond donors (Lipinski definition) is 1. The monoisotopic (exact) mass is 305 g/mol. The highest BCUT2D eigenvalue weighted by Gasteiger charge is 2.37. The summed E-state index contributed by atoms with van der Waals surface area (Å²) in [5.41, 5.74) is 0. The molecule has 0 rings (SSSR count). The van der Waals surface area contributed by atoms with Crippen molar-refractivity contribution in [3.63, 3.8) is 0 Å². The van der Waals surface area contributed by atoms with Crippen LogP contribution in [0.1, 0.15) is 67.2 Å². The Labute approximate surface area is 130 Å². The molecule has 5 nitrogen and oxygen atoms in total. The minimum Gasteiger partial charge on any atom is -0.338 e. The summed E-state index contributed by atoms with van der Waals surface area (Å²) in [6.07, 6.45) is 4.15. The van der Waals surface area contributed by atoms with E-state index in [1.165, 1.54) is 0 Å². The van der Waals surface area contributed by atoms with E-state index in [2.05, 4.69) is 19.2 Å². The van der Waals surface area contributed by atoms with Crippen molar-refractivity contribution >= 4 is 0 Å². The van der Waals surface area contributed by atoms with Gasteiger partial charge in [-0.05, 0) is 26.7 Å². The summed E-state index contributed by atoms with van der Waals surface area (Å²) in [6.45, 7) is 14.3. The van der Waals surface area contributed by atoms with E-state index in [-0.39, 0.29) is 0 Å². The number of ether oxygens (including phenoxy) is 4. The van der Waals surface area contributed by atoms with Crippen LogP contribution in [0.5, 0.6) is 0 Å². The molecule has 0 saturated carbocycles. The number of hydrogen-bond acceptors (Lipinski definition) is 5. The molecule has 128 valence electrons. The summed E-state index contributed by atoms with van der Waals surface area (Å²) in [7, 11) is 0. The fourth-order valence-corrected chi connectivity index (χ4v) is 2.01. The highest BCUT2D eigenvalue weighted by molar-refractivity contribution is 4.69. The second kappa shape index (κ2) is 11.4. The first-order valence-corrected chi connectivity index (χ1v) is 8.30. The average Bonchev–Trinajstić information content (AvgIpc) is 2.39. The zero-order chi connectivity index (χ0) is 16.2. The molecule has 0 spiro atoms. The molecule has 5 heteroatoms. The van der Waals surface area contributed by atoms with E-state index in [4.69, 9.17) is 18.9 Å². The van der Waals surface area contributed by atoms with Gasteiger partial charge in [0, 0.05) is 27.1 Å². The summed E-state index contributed by atoms with van der Waals surface area (Å²) in [5, 5.41) is 3.24. The highest BCUT2D eigenvalue weighted by atomic mass is 16.8. The minimum absolute atomic E-state index is 0.548. The third kappa shape index (κ3) is 9.42. The van der Waals surface area contributed by atoms with Crippen molar-refractivity contribution in [1.29, 1.82) is 0 Å². The van der Waals surface area contributed by atoms with E-state index in [0.717, 1.165) is 25.7 Å². The Morgan fingerprint density at radius 3 is 1.33 bits per heavy atom. The molecule has 0 amide bonds. The van der Waals surface area contributed by atoms with Crippen LogP contribution in [0.3, 0.4) is 0 Å². The first kappa shape index (κ1) is 20.8. The molecule has 21 heavy (non-hydrogen) atoms. The molecule has 0 aliphatic carbocycles. The summed E-state index contributed by atoms with van der Waals surface area (Å²) in [5.74, 6) is -1.83. The van der Waals surface area contributed by atoms with E-state index < -0.39 is 11.8 Å². The first-order valence-electron chi connectivity index (χ1n) is 8.30. The van der Waals surface area contributed by atoms with Crippen LogP contribution in [0, 0.1) is 0 Å². The van der Waals surface area contributed by atoms with Crippen LogP contribution in [-0.4, -0.2) is 38.2 Å². The zero-order valence-corrected chi connectivity index (χ0v) is 14.8. The highest BCUT2D eigenvalue weighted by Crippen LogP contribution is 2.19. The molecule has 0 heterocycles. The summed E-state index contributed by atoms with van der Waals surface area (Å²) >= 11 is 0. The van der Waals surface area contributed by atoms with Crippen molar-refractivity contribution in [3.8, 4) is 0 Å². The van der Waals surface area contributed by atoms with Crippen LogP contribution in [-0.2, 0) is 18.9 Å². The Kier molecular flexibility index (Phi) is 11.3. The normalized spacial score (nSPS) is 17.4. The summed E-state index contributed by atoms with van der Waals surface area (Å²) in [6, 6.07) is 0. The smallest absolute Gasteiger partial charge is 0.228 e. The van der Waals surface area contributed by atoms with Crippen LogP contribution in [0.25, 0.3) is 0 Å². The van der Waals surface area contributed by atoms with E-state index in [1.807, 2.05) is 27.7 Å². The molecule has 0 fully saturated rings. The van der Waals surface area contributed by atoms with Crippen molar-refractivity contribution in [2.75, 3.05) is 26.4 Å². The van der Waals surface area contributed by atoms with Gasteiger partial charge in [0.15, 0.2) is 0 Å². The molecule has 0 saturated heterocycles. The van der Waals surface area contributed by atoms with Gasteiger partial charge in [0.25, 0.3) is 0 Å². The number of unbranched alkanes of at least 4 members (excludes halogenated alkanes) is 2. The lowest BCUT2D eigenvalue weighted by molar-refractivity contribution is -0.330. The Bertz CT molecular complexity index is 228. The van der Waals surface area contributed by atoms with Gasteiger partial charge in [-0.15, -0.1) is 0 Å². The second-order valence-electron chi connectivity index (χ2n) is 5.29. The van der Waals surface area contributed by atoms with Gasteiger partial charge in [0.05, 0.1) is 13.2 Å². The largest absolute Gasteiger partial charge is 0.338 e. The van der Waals surface area contributed by atoms with Gasteiger partial charge in [-0.25, -0.2) is 5.32 Å². The third-order valence-electron chi connectivity index (χ3n) is 3.04. The quantitative estimate of drug-likeness (QED) is 0.392. The third-order valence-corrected chi connectivity index (χ3v) is 3.04. The average molecular weight is 305 g/mol. The molecule has 0 aromatic heterocycles. The summed E-state index contributed by atoms with van der Waals surface area (Å²) < 4.78 is 23.2. The van der Waals surface area contributed by atoms with Crippen LogP contribution in [0.15, 0.2) is 0 Å². The number of rotatable bonds is 14. The van der Waals surface area contributed by atoms with Gasteiger partial charge in [-0.3, -0.25) is 0 Å². The van der Waals surface area contributed by atoms with Gasteiger partial charge in [-0.1, -0.05) is 26.7 Å². The SMILES string of the molecule is CCCCOC(C)(NC(C)(OCC)OCCCC)OCC.